The maximum absolute atomic E-state index is 12.3. The molecule has 40 heavy (non-hydrogen) atoms. The number of carboxylic acids is 1. The topological polar surface area (TPSA) is 119 Å². The molecule has 0 aromatic heterocycles. The van der Waals surface area contributed by atoms with Crippen LogP contribution in [0.3, 0.4) is 0 Å². The van der Waals surface area contributed by atoms with Gasteiger partial charge in [-0.1, -0.05) is 48.2 Å². The van der Waals surface area contributed by atoms with E-state index in [4.69, 9.17) is 38.3 Å². The van der Waals surface area contributed by atoms with E-state index in [0.717, 1.165) is 5.56 Å². The fraction of sp³-hybridized carbons (Fsp3) is 0.467. The molecule has 0 aliphatic carbocycles. The van der Waals surface area contributed by atoms with E-state index >= 15 is 0 Å². The minimum Gasteiger partial charge on any atom is -0.481 e. The molecule has 0 unspecified atom stereocenters. The maximum Gasteiger partial charge on any atom is 0.338 e. The Labute approximate surface area is 235 Å². The number of esters is 1. The number of aliphatic carboxylic acids is 1. The number of hydrogen-bond donors (Lipinski definition) is 1. The van der Waals surface area contributed by atoms with E-state index in [0.29, 0.717) is 77.2 Å². The van der Waals surface area contributed by atoms with Gasteiger partial charge in [0.2, 0.25) is 0 Å². The lowest BCUT2D eigenvalue weighted by Gasteiger charge is -2.07. The van der Waals surface area contributed by atoms with Crippen molar-refractivity contribution in [1.29, 1.82) is 0 Å². The highest BCUT2D eigenvalue weighted by Crippen LogP contribution is 2.08. The summed E-state index contributed by atoms with van der Waals surface area (Å²) < 4.78 is 37.5. The van der Waals surface area contributed by atoms with Gasteiger partial charge in [-0.25, -0.2) is 4.79 Å². The van der Waals surface area contributed by atoms with Gasteiger partial charge in [-0.05, 0) is 23.8 Å². The first-order chi connectivity index (χ1) is 19.6. The summed E-state index contributed by atoms with van der Waals surface area (Å²) in [6.45, 7) is 4.97. The third kappa shape index (κ3) is 17.3. The Kier molecular flexibility index (Phi) is 18.5. The van der Waals surface area contributed by atoms with Crippen molar-refractivity contribution in [2.24, 2.45) is 0 Å². The maximum atomic E-state index is 12.3. The highest BCUT2D eigenvalue weighted by molar-refractivity contribution is 5.89. The predicted molar refractivity (Wildman–Crippen MR) is 146 cm³/mol. The molecule has 0 saturated carbocycles. The Morgan fingerprint density at radius 3 is 1.77 bits per heavy atom. The molecule has 2 aromatic carbocycles. The van der Waals surface area contributed by atoms with Gasteiger partial charge in [-0.15, -0.1) is 0 Å². The van der Waals surface area contributed by atoms with Gasteiger partial charge in [-0.3, -0.25) is 4.79 Å². The van der Waals surface area contributed by atoms with Gasteiger partial charge in [0, 0.05) is 5.56 Å². The van der Waals surface area contributed by atoms with Crippen LogP contribution < -0.4 is 0 Å². The van der Waals surface area contributed by atoms with Crippen LogP contribution in [0.4, 0.5) is 0 Å². The molecule has 2 aromatic rings. The molecule has 10 nitrogen and oxygen atoms in total. The van der Waals surface area contributed by atoms with Crippen molar-refractivity contribution in [2.75, 3.05) is 79.3 Å². The van der Waals surface area contributed by atoms with E-state index in [2.05, 4.69) is 11.8 Å². The molecule has 0 heterocycles. The Bertz CT molecular complexity index is 1020. The summed E-state index contributed by atoms with van der Waals surface area (Å²) >= 11 is 0. The lowest BCUT2D eigenvalue weighted by atomic mass is 10.1. The molecule has 0 bridgehead atoms. The van der Waals surface area contributed by atoms with Crippen molar-refractivity contribution in [1.82, 2.24) is 0 Å². The van der Waals surface area contributed by atoms with Crippen LogP contribution in [0.5, 0.6) is 0 Å². The zero-order valence-electron chi connectivity index (χ0n) is 22.7. The lowest BCUT2D eigenvalue weighted by molar-refractivity contribution is -0.138. The predicted octanol–water partition coefficient (Wildman–Crippen LogP) is 2.97. The monoisotopic (exact) mass is 558 g/mol. The summed E-state index contributed by atoms with van der Waals surface area (Å²) in [6.07, 6.45) is -0.00755. The normalized spacial score (nSPS) is 10.6. The SMILES string of the molecule is O=C(O)CCOCCOCCOCCOCCOCCOCC#Cc1cccc(C(=O)OCc2ccccc2)c1. The van der Waals surface area contributed by atoms with E-state index in [1.165, 1.54) is 0 Å². The molecular weight excluding hydrogens is 520 g/mol. The summed E-state index contributed by atoms with van der Waals surface area (Å²) in [5, 5.41) is 8.48. The van der Waals surface area contributed by atoms with Crippen LogP contribution >= 0.6 is 0 Å². The number of rotatable bonds is 22. The van der Waals surface area contributed by atoms with Gasteiger partial charge in [-0.2, -0.15) is 0 Å². The number of ether oxygens (including phenoxy) is 7. The molecule has 0 spiro atoms. The van der Waals surface area contributed by atoms with E-state index in [9.17, 15) is 9.59 Å². The molecule has 0 saturated heterocycles. The second-order valence-electron chi connectivity index (χ2n) is 8.20. The van der Waals surface area contributed by atoms with Crippen LogP contribution in [0.15, 0.2) is 54.6 Å². The quantitative estimate of drug-likeness (QED) is 0.131. The molecule has 0 amide bonds. The lowest BCUT2D eigenvalue weighted by Crippen LogP contribution is -2.14. The van der Waals surface area contributed by atoms with Gasteiger partial charge in [0.25, 0.3) is 0 Å². The summed E-state index contributed by atoms with van der Waals surface area (Å²) in [7, 11) is 0. The number of carbonyl (C=O) groups is 2. The van der Waals surface area contributed by atoms with E-state index in [-0.39, 0.29) is 26.2 Å². The smallest absolute Gasteiger partial charge is 0.338 e. The Balaban J connectivity index is 1.38. The molecule has 0 fully saturated rings. The van der Waals surface area contributed by atoms with Crippen LogP contribution in [0.1, 0.15) is 27.9 Å². The third-order valence-corrected chi connectivity index (χ3v) is 5.04. The average Bonchev–Trinajstić information content (AvgIpc) is 2.97. The first-order valence-corrected chi connectivity index (χ1v) is 13.1. The Hall–Kier alpha value is -3.30. The third-order valence-electron chi connectivity index (χ3n) is 5.04. The van der Waals surface area contributed by atoms with Gasteiger partial charge in [0.1, 0.15) is 13.2 Å². The van der Waals surface area contributed by atoms with Crippen molar-refractivity contribution in [3.63, 3.8) is 0 Å². The molecule has 10 heteroatoms. The second-order valence-corrected chi connectivity index (χ2v) is 8.20. The minimum absolute atomic E-state index is 0.00755. The van der Waals surface area contributed by atoms with Crippen LogP contribution in [-0.2, 0) is 44.6 Å². The largest absolute Gasteiger partial charge is 0.481 e. The van der Waals surface area contributed by atoms with Crippen molar-refractivity contribution >= 4 is 11.9 Å². The van der Waals surface area contributed by atoms with E-state index in [1.807, 2.05) is 36.4 Å². The molecule has 0 aliphatic heterocycles. The highest BCUT2D eigenvalue weighted by atomic mass is 16.6. The van der Waals surface area contributed by atoms with Crippen LogP contribution in [-0.4, -0.2) is 96.3 Å². The summed E-state index contributed by atoms with van der Waals surface area (Å²) in [5.41, 5.74) is 2.09. The molecule has 0 radical (unpaired) electrons. The summed E-state index contributed by atoms with van der Waals surface area (Å²) in [6, 6.07) is 16.5. The van der Waals surface area contributed by atoms with Gasteiger partial charge in [0.05, 0.1) is 84.7 Å². The van der Waals surface area contributed by atoms with Gasteiger partial charge in [0.15, 0.2) is 0 Å². The van der Waals surface area contributed by atoms with Crippen molar-refractivity contribution in [3.8, 4) is 11.8 Å². The fourth-order valence-electron chi connectivity index (χ4n) is 3.05. The number of hydrogen-bond acceptors (Lipinski definition) is 9. The number of benzene rings is 2. The summed E-state index contributed by atoms with van der Waals surface area (Å²) in [5.74, 6) is 4.65. The standard InChI is InChI=1S/C30H38O10/c31-29(32)11-13-35-15-17-37-19-21-39-23-22-38-20-18-36-16-14-34-12-5-9-26-8-4-10-28(24-26)30(33)40-25-27-6-2-1-3-7-27/h1-4,6-8,10,24H,11-23,25H2,(H,31,32). The molecule has 0 aliphatic rings. The fourth-order valence-corrected chi connectivity index (χ4v) is 3.05. The molecule has 218 valence electrons. The average molecular weight is 559 g/mol. The molecule has 1 N–H and O–H groups in total. The molecule has 0 atom stereocenters. The van der Waals surface area contributed by atoms with E-state index < -0.39 is 11.9 Å². The Morgan fingerprint density at radius 2 is 1.20 bits per heavy atom. The van der Waals surface area contributed by atoms with Crippen molar-refractivity contribution in [3.05, 3.63) is 71.3 Å². The van der Waals surface area contributed by atoms with Crippen molar-refractivity contribution < 1.29 is 47.9 Å². The minimum atomic E-state index is -0.879. The second kappa shape index (κ2) is 22.5. The zero-order chi connectivity index (χ0) is 28.5. The first-order valence-electron chi connectivity index (χ1n) is 13.1. The van der Waals surface area contributed by atoms with Gasteiger partial charge < -0.3 is 38.3 Å². The van der Waals surface area contributed by atoms with E-state index in [1.54, 1.807) is 18.2 Å². The number of carbonyl (C=O) groups excluding carboxylic acids is 1. The zero-order valence-corrected chi connectivity index (χ0v) is 22.7. The molecular formula is C30H38O10. The Morgan fingerprint density at radius 1 is 0.650 bits per heavy atom. The van der Waals surface area contributed by atoms with Crippen LogP contribution in [0.2, 0.25) is 0 Å². The van der Waals surface area contributed by atoms with Crippen molar-refractivity contribution in [2.45, 2.75) is 13.0 Å². The van der Waals surface area contributed by atoms with Crippen LogP contribution in [0.25, 0.3) is 0 Å². The molecule has 2 rings (SSSR count). The first kappa shape index (κ1) is 32.9. The summed E-state index contributed by atoms with van der Waals surface area (Å²) in [4.78, 5) is 22.6. The number of carboxylic acid groups (broad SMARTS) is 1. The van der Waals surface area contributed by atoms with Crippen LogP contribution in [0, 0.1) is 11.8 Å². The highest BCUT2D eigenvalue weighted by Gasteiger charge is 2.07. The van der Waals surface area contributed by atoms with Gasteiger partial charge >= 0.3 is 11.9 Å².